The highest BCUT2D eigenvalue weighted by Crippen LogP contribution is 2.08. The third-order valence-electron chi connectivity index (χ3n) is 2.16. The van der Waals surface area contributed by atoms with Crippen molar-refractivity contribution in [1.82, 2.24) is 15.5 Å². The van der Waals surface area contributed by atoms with Crippen LogP contribution >= 0.6 is 0 Å². The van der Waals surface area contributed by atoms with Crippen LogP contribution in [0.4, 0.5) is 4.79 Å². The molecule has 0 aliphatic carbocycles. The summed E-state index contributed by atoms with van der Waals surface area (Å²) in [6.07, 6.45) is -0.225. The first-order valence-electron chi connectivity index (χ1n) is 4.55. The van der Waals surface area contributed by atoms with E-state index in [0.29, 0.717) is 19.5 Å². The van der Waals surface area contributed by atoms with Gasteiger partial charge >= 0.3 is 6.09 Å². The number of carbonyl (C=O) groups is 2. The predicted molar refractivity (Wildman–Crippen MR) is 50.1 cm³/mol. The standard InChI is InChI=1S/C8H15N3O3/c1-9-4-7(12)10-6-2-3-11(5-6)8(13)14/h6,9H,2-5H2,1H3,(H,10,12)(H,13,14)/t6-/m0/s1. The van der Waals surface area contributed by atoms with Crippen LogP contribution in [0.5, 0.6) is 0 Å². The number of hydrogen-bond acceptors (Lipinski definition) is 3. The van der Waals surface area contributed by atoms with E-state index in [-0.39, 0.29) is 18.5 Å². The van der Waals surface area contributed by atoms with E-state index in [9.17, 15) is 9.59 Å². The minimum Gasteiger partial charge on any atom is -0.465 e. The molecule has 0 aromatic heterocycles. The minimum atomic E-state index is -0.921. The maximum atomic E-state index is 11.1. The van der Waals surface area contributed by atoms with E-state index in [1.54, 1.807) is 7.05 Å². The lowest BCUT2D eigenvalue weighted by atomic mass is 10.2. The van der Waals surface area contributed by atoms with Gasteiger partial charge in [0.05, 0.1) is 6.54 Å². The maximum Gasteiger partial charge on any atom is 0.407 e. The van der Waals surface area contributed by atoms with Crippen LogP contribution in [-0.4, -0.2) is 54.7 Å². The smallest absolute Gasteiger partial charge is 0.407 e. The molecule has 2 amide bonds. The second-order valence-electron chi connectivity index (χ2n) is 3.31. The van der Waals surface area contributed by atoms with Crippen molar-refractivity contribution in [1.29, 1.82) is 0 Å². The van der Waals surface area contributed by atoms with Crippen LogP contribution in [0.15, 0.2) is 0 Å². The summed E-state index contributed by atoms with van der Waals surface area (Å²) in [4.78, 5) is 23.0. The van der Waals surface area contributed by atoms with Gasteiger partial charge < -0.3 is 20.6 Å². The molecule has 1 aliphatic heterocycles. The average Bonchev–Trinajstić information content (AvgIpc) is 2.53. The molecule has 0 aromatic carbocycles. The summed E-state index contributed by atoms with van der Waals surface area (Å²) in [7, 11) is 1.69. The van der Waals surface area contributed by atoms with Crippen LogP contribution < -0.4 is 10.6 Å². The Kier molecular flexibility index (Phi) is 3.70. The summed E-state index contributed by atoms with van der Waals surface area (Å²) >= 11 is 0. The van der Waals surface area contributed by atoms with Crippen LogP contribution in [0.1, 0.15) is 6.42 Å². The van der Waals surface area contributed by atoms with Crippen molar-refractivity contribution in [2.75, 3.05) is 26.7 Å². The summed E-state index contributed by atoms with van der Waals surface area (Å²) in [6, 6.07) is -0.0352. The fourth-order valence-electron chi connectivity index (χ4n) is 1.49. The van der Waals surface area contributed by atoms with Crippen molar-refractivity contribution in [3.63, 3.8) is 0 Å². The molecule has 1 fully saturated rings. The van der Waals surface area contributed by atoms with Crippen molar-refractivity contribution in [3.05, 3.63) is 0 Å². The number of nitrogens with one attached hydrogen (secondary N) is 2. The summed E-state index contributed by atoms with van der Waals surface area (Å²) in [5.41, 5.74) is 0. The van der Waals surface area contributed by atoms with Crippen LogP contribution in [0.3, 0.4) is 0 Å². The molecule has 0 bridgehead atoms. The normalized spacial score (nSPS) is 20.9. The van der Waals surface area contributed by atoms with E-state index in [1.807, 2.05) is 0 Å². The fraction of sp³-hybridized carbons (Fsp3) is 0.750. The van der Waals surface area contributed by atoms with Crippen molar-refractivity contribution >= 4 is 12.0 Å². The zero-order valence-corrected chi connectivity index (χ0v) is 8.12. The number of carbonyl (C=O) groups excluding carboxylic acids is 1. The fourth-order valence-corrected chi connectivity index (χ4v) is 1.49. The van der Waals surface area contributed by atoms with E-state index in [1.165, 1.54) is 4.90 Å². The van der Waals surface area contributed by atoms with Crippen LogP contribution in [0.25, 0.3) is 0 Å². The number of nitrogens with zero attached hydrogens (tertiary/aromatic N) is 1. The lowest BCUT2D eigenvalue weighted by molar-refractivity contribution is -0.120. The minimum absolute atomic E-state index is 0.0352. The highest BCUT2D eigenvalue weighted by molar-refractivity contribution is 5.78. The number of likely N-dealkylation sites (tertiary alicyclic amines) is 1. The quantitative estimate of drug-likeness (QED) is 0.551. The molecular weight excluding hydrogens is 186 g/mol. The lowest BCUT2D eigenvalue weighted by Crippen LogP contribution is -2.41. The molecule has 1 heterocycles. The van der Waals surface area contributed by atoms with E-state index in [2.05, 4.69) is 10.6 Å². The Morgan fingerprint density at radius 2 is 2.29 bits per heavy atom. The Labute approximate surface area is 82.3 Å². The Bertz CT molecular complexity index is 232. The zero-order valence-electron chi connectivity index (χ0n) is 8.12. The van der Waals surface area contributed by atoms with Crippen molar-refractivity contribution < 1.29 is 14.7 Å². The summed E-state index contributed by atoms with van der Waals surface area (Å²) in [5, 5.41) is 14.2. The van der Waals surface area contributed by atoms with Gasteiger partial charge in [-0.2, -0.15) is 0 Å². The SMILES string of the molecule is CNCC(=O)N[C@H]1CCN(C(=O)O)C1. The molecular formula is C8H15N3O3. The first-order valence-corrected chi connectivity index (χ1v) is 4.55. The Morgan fingerprint density at radius 1 is 1.57 bits per heavy atom. The molecule has 0 unspecified atom stereocenters. The number of hydrogen-bond donors (Lipinski definition) is 3. The van der Waals surface area contributed by atoms with Crippen molar-refractivity contribution in [3.8, 4) is 0 Å². The van der Waals surface area contributed by atoms with E-state index in [0.717, 1.165) is 0 Å². The van der Waals surface area contributed by atoms with E-state index < -0.39 is 6.09 Å². The number of likely N-dealkylation sites (N-methyl/N-ethyl adjacent to an activating group) is 1. The molecule has 6 heteroatoms. The molecule has 6 nitrogen and oxygen atoms in total. The molecule has 0 spiro atoms. The second kappa shape index (κ2) is 4.80. The first-order chi connectivity index (χ1) is 6.63. The van der Waals surface area contributed by atoms with Gasteiger partial charge in [-0.1, -0.05) is 0 Å². The molecule has 1 atom stereocenters. The molecule has 1 saturated heterocycles. The third kappa shape index (κ3) is 2.88. The molecule has 14 heavy (non-hydrogen) atoms. The molecule has 0 radical (unpaired) electrons. The number of amides is 2. The number of carboxylic acid groups (broad SMARTS) is 1. The Morgan fingerprint density at radius 3 is 2.79 bits per heavy atom. The van der Waals surface area contributed by atoms with Gasteiger partial charge in [-0.3, -0.25) is 4.79 Å². The van der Waals surface area contributed by atoms with Gasteiger partial charge in [0.1, 0.15) is 0 Å². The Balaban J connectivity index is 2.28. The second-order valence-corrected chi connectivity index (χ2v) is 3.31. The van der Waals surface area contributed by atoms with Crippen molar-refractivity contribution in [2.24, 2.45) is 0 Å². The maximum absolute atomic E-state index is 11.1. The van der Waals surface area contributed by atoms with E-state index >= 15 is 0 Å². The monoisotopic (exact) mass is 201 g/mol. The zero-order chi connectivity index (χ0) is 10.6. The topological polar surface area (TPSA) is 81.7 Å². The molecule has 80 valence electrons. The largest absolute Gasteiger partial charge is 0.465 e. The average molecular weight is 201 g/mol. The molecule has 3 N–H and O–H groups in total. The van der Waals surface area contributed by atoms with Gasteiger partial charge in [0, 0.05) is 19.1 Å². The van der Waals surface area contributed by atoms with E-state index in [4.69, 9.17) is 5.11 Å². The molecule has 1 rings (SSSR count). The van der Waals surface area contributed by atoms with Gasteiger partial charge in [0.15, 0.2) is 0 Å². The highest BCUT2D eigenvalue weighted by Gasteiger charge is 2.26. The summed E-state index contributed by atoms with van der Waals surface area (Å²) < 4.78 is 0. The number of rotatable bonds is 3. The summed E-state index contributed by atoms with van der Waals surface area (Å²) in [6.45, 7) is 1.16. The highest BCUT2D eigenvalue weighted by atomic mass is 16.4. The van der Waals surface area contributed by atoms with Crippen LogP contribution in [0, 0.1) is 0 Å². The Hall–Kier alpha value is -1.30. The first kappa shape index (κ1) is 10.8. The van der Waals surface area contributed by atoms with Gasteiger partial charge in [-0.15, -0.1) is 0 Å². The lowest BCUT2D eigenvalue weighted by Gasteiger charge is -2.13. The van der Waals surface area contributed by atoms with Gasteiger partial charge in [-0.05, 0) is 13.5 Å². The van der Waals surface area contributed by atoms with Gasteiger partial charge in [-0.25, -0.2) is 4.79 Å². The van der Waals surface area contributed by atoms with Crippen molar-refractivity contribution in [2.45, 2.75) is 12.5 Å². The third-order valence-corrected chi connectivity index (χ3v) is 2.16. The van der Waals surface area contributed by atoms with Crippen LogP contribution in [-0.2, 0) is 4.79 Å². The van der Waals surface area contributed by atoms with Crippen LogP contribution in [0.2, 0.25) is 0 Å². The molecule has 0 saturated carbocycles. The predicted octanol–water partition coefficient (Wildman–Crippen LogP) is -0.926. The molecule has 0 aromatic rings. The molecule has 1 aliphatic rings. The van der Waals surface area contributed by atoms with Gasteiger partial charge in [0.2, 0.25) is 5.91 Å². The summed E-state index contributed by atoms with van der Waals surface area (Å²) in [5.74, 6) is -0.0928. The van der Waals surface area contributed by atoms with Gasteiger partial charge in [0.25, 0.3) is 0 Å².